The molecule has 0 rings (SSSR count). The fourth-order valence-corrected chi connectivity index (χ4v) is 4.31. The minimum Gasteiger partial charge on any atom is -0.417 e. The van der Waals surface area contributed by atoms with Gasteiger partial charge in [-0.3, -0.25) is 0 Å². The van der Waals surface area contributed by atoms with Gasteiger partial charge in [-0.2, -0.15) is 0 Å². The van der Waals surface area contributed by atoms with Gasteiger partial charge in [0.2, 0.25) is 9.76 Å². The molecule has 0 saturated heterocycles. The van der Waals surface area contributed by atoms with Crippen LogP contribution in [0.3, 0.4) is 0 Å². The van der Waals surface area contributed by atoms with Gasteiger partial charge >= 0.3 is 0 Å². The molecule has 0 aromatic heterocycles. The largest absolute Gasteiger partial charge is 0.417 e. The summed E-state index contributed by atoms with van der Waals surface area (Å²) in [5.41, 5.74) is 0. The van der Waals surface area contributed by atoms with Crippen molar-refractivity contribution in [3.8, 4) is 0 Å². The van der Waals surface area contributed by atoms with Crippen LogP contribution >= 0.6 is 0 Å². The van der Waals surface area contributed by atoms with E-state index in [4.69, 9.17) is 4.43 Å². The number of rotatable bonds is 24. The third-order valence-electron chi connectivity index (χ3n) is 5.55. The molecule has 0 atom stereocenters. The van der Waals surface area contributed by atoms with Crippen molar-refractivity contribution in [1.82, 2.24) is 0 Å². The summed E-state index contributed by atoms with van der Waals surface area (Å²) in [5.74, 6) is 0. The molecule has 0 N–H and O–H groups in total. The van der Waals surface area contributed by atoms with E-state index >= 15 is 0 Å². The van der Waals surface area contributed by atoms with Crippen LogP contribution in [0.15, 0.2) is 0 Å². The zero-order valence-electron chi connectivity index (χ0n) is 19.2. The van der Waals surface area contributed by atoms with E-state index in [-0.39, 0.29) is 0 Å². The van der Waals surface area contributed by atoms with Crippen molar-refractivity contribution in [2.75, 3.05) is 6.61 Å². The maximum atomic E-state index is 5.64. The van der Waals surface area contributed by atoms with Crippen molar-refractivity contribution < 1.29 is 4.43 Å². The summed E-state index contributed by atoms with van der Waals surface area (Å²) < 4.78 is 5.64. The molecule has 0 aliphatic heterocycles. The highest BCUT2D eigenvalue weighted by Crippen LogP contribution is 2.14. The van der Waals surface area contributed by atoms with E-state index in [1.807, 2.05) is 0 Å². The van der Waals surface area contributed by atoms with Crippen molar-refractivity contribution in [3.05, 3.63) is 0 Å². The average Bonchev–Trinajstić information content (AvgIpc) is 2.68. The second kappa shape index (κ2) is 26.2. The molecule has 0 spiro atoms. The Balaban J connectivity index is 2.95. The third-order valence-corrected chi connectivity index (χ3v) is 6.67. The first kappa shape index (κ1) is 27.2. The molecule has 162 valence electrons. The smallest absolute Gasteiger partial charge is 0.229 e. The third kappa shape index (κ3) is 26.2. The molecule has 2 heteroatoms. The molecule has 0 amide bonds. The number of unbranched alkanes of at least 4 members (excludes halogenated alkanes) is 19. The molecule has 27 heavy (non-hydrogen) atoms. The van der Waals surface area contributed by atoms with Crippen LogP contribution in [0.4, 0.5) is 0 Å². The normalized spacial score (nSPS) is 11.3. The van der Waals surface area contributed by atoms with Gasteiger partial charge in [0.05, 0.1) is 0 Å². The lowest BCUT2D eigenvalue weighted by Gasteiger charge is -2.04. The van der Waals surface area contributed by atoms with E-state index in [2.05, 4.69) is 13.8 Å². The first-order chi connectivity index (χ1) is 13.4. The van der Waals surface area contributed by atoms with Crippen molar-refractivity contribution in [2.24, 2.45) is 0 Å². The van der Waals surface area contributed by atoms with Gasteiger partial charge in [0.25, 0.3) is 0 Å². The monoisotopic (exact) mass is 396 g/mol. The lowest BCUT2D eigenvalue weighted by Crippen LogP contribution is -1.99. The van der Waals surface area contributed by atoms with E-state index < -0.39 is 0 Å². The first-order valence-corrected chi connectivity index (χ1v) is 13.9. The minimum atomic E-state index is 0.743. The maximum Gasteiger partial charge on any atom is 0.229 e. The Hall–Kier alpha value is 0.177. The van der Waals surface area contributed by atoms with Crippen LogP contribution in [0, 0.1) is 0 Å². The zero-order valence-corrected chi connectivity index (χ0v) is 20.2. The quantitative estimate of drug-likeness (QED) is 0.117. The molecule has 0 unspecified atom stereocenters. The van der Waals surface area contributed by atoms with Crippen LogP contribution in [0.2, 0.25) is 6.04 Å². The summed E-state index contributed by atoms with van der Waals surface area (Å²) in [6.45, 7) is 5.53. The Morgan fingerprint density at radius 2 is 0.741 bits per heavy atom. The predicted octanol–water partition coefficient (Wildman–Crippen LogP) is 9.27. The standard InChI is InChI=1S/C25H52OSi/c1-3-5-6-7-8-9-10-11-12-13-14-15-16-17-18-19-20-21-22-23-24-26-27-25-4-2/h3-25H2,1-2H3. The summed E-state index contributed by atoms with van der Waals surface area (Å²) in [4.78, 5) is 0. The van der Waals surface area contributed by atoms with Gasteiger partial charge in [-0.25, -0.2) is 0 Å². The van der Waals surface area contributed by atoms with Gasteiger partial charge in [0, 0.05) is 6.61 Å². The Bertz CT molecular complexity index is 220. The van der Waals surface area contributed by atoms with Gasteiger partial charge in [-0.1, -0.05) is 142 Å². The lowest BCUT2D eigenvalue weighted by molar-refractivity contribution is 0.319. The molecule has 0 fully saturated rings. The Morgan fingerprint density at radius 3 is 1.07 bits per heavy atom. The van der Waals surface area contributed by atoms with Crippen LogP contribution in [-0.4, -0.2) is 16.4 Å². The Kier molecular flexibility index (Phi) is 26.3. The summed E-state index contributed by atoms with van der Waals surface area (Å²) in [6.07, 6.45) is 30.2. The minimum absolute atomic E-state index is 0.743. The van der Waals surface area contributed by atoms with Crippen molar-refractivity contribution in [2.45, 2.75) is 155 Å². The summed E-state index contributed by atoms with van der Waals surface area (Å²) in [6, 6.07) is 1.25. The SMILES string of the molecule is CCCCCCCCCCCCCCCCCCCCCCO[Si]CCC. The Morgan fingerprint density at radius 1 is 0.407 bits per heavy atom. The fourth-order valence-electron chi connectivity index (χ4n) is 3.68. The Labute approximate surface area is 175 Å². The molecular formula is C25H52OSi. The molecular weight excluding hydrogens is 344 g/mol. The molecule has 0 bridgehead atoms. The van der Waals surface area contributed by atoms with Crippen molar-refractivity contribution in [1.29, 1.82) is 0 Å². The topological polar surface area (TPSA) is 9.23 Å². The predicted molar refractivity (Wildman–Crippen MR) is 125 cm³/mol. The highest BCUT2D eigenvalue weighted by Gasteiger charge is 1.96. The molecule has 0 aromatic carbocycles. The fraction of sp³-hybridized carbons (Fsp3) is 1.00. The molecule has 0 aliphatic rings. The molecule has 0 aliphatic carbocycles. The second-order valence-corrected chi connectivity index (χ2v) is 9.54. The second-order valence-electron chi connectivity index (χ2n) is 8.46. The first-order valence-electron chi connectivity index (χ1n) is 12.8. The summed E-state index contributed by atoms with van der Waals surface area (Å²) in [7, 11) is 0.743. The molecule has 1 nitrogen and oxygen atoms in total. The van der Waals surface area contributed by atoms with Gasteiger partial charge < -0.3 is 4.43 Å². The van der Waals surface area contributed by atoms with Crippen LogP contribution in [0.5, 0.6) is 0 Å². The molecule has 0 saturated carbocycles. The number of hydrogen-bond acceptors (Lipinski definition) is 1. The molecule has 2 radical (unpaired) electrons. The van der Waals surface area contributed by atoms with Gasteiger partial charge in [0.1, 0.15) is 0 Å². The highest BCUT2D eigenvalue weighted by molar-refractivity contribution is 6.26. The van der Waals surface area contributed by atoms with Crippen LogP contribution < -0.4 is 0 Å². The van der Waals surface area contributed by atoms with Crippen LogP contribution in [0.1, 0.15) is 149 Å². The molecule has 0 aromatic rings. The van der Waals surface area contributed by atoms with E-state index in [0.717, 1.165) is 16.4 Å². The van der Waals surface area contributed by atoms with Crippen LogP contribution in [0.25, 0.3) is 0 Å². The zero-order chi connectivity index (χ0) is 19.7. The van der Waals surface area contributed by atoms with Gasteiger partial charge in [-0.05, 0) is 12.5 Å². The summed E-state index contributed by atoms with van der Waals surface area (Å²) in [5, 5.41) is 0. The molecule has 0 heterocycles. The van der Waals surface area contributed by atoms with Crippen molar-refractivity contribution in [3.63, 3.8) is 0 Å². The maximum absolute atomic E-state index is 5.64. The average molecular weight is 397 g/mol. The lowest BCUT2D eigenvalue weighted by atomic mass is 10.0. The van der Waals surface area contributed by atoms with E-state index in [9.17, 15) is 0 Å². The highest BCUT2D eigenvalue weighted by atomic mass is 28.2. The summed E-state index contributed by atoms with van der Waals surface area (Å²) >= 11 is 0. The van der Waals surface area contributed by atoms with E-state index in [1.165, 1.54) is 141 Å². The number of hydrogen-bond donors (Lipinski definition) is 0. The van der Waals surface area contributed by atoms with Crippen molar-refractivity contribution >= 4 is 9.76 Å². The van der Waals surface area contributed by atoms with Gasteiger partial charge in [-0.15, -0.1) is 0 Å². The van der Waals surface area contributed by atoms with Gasteiger partial charge in [0.15, 0.2) is 0 Å². The van der Waals surface area contributed by atoms with Crippen LogP contribution in [-0.2, 0) is 4.43 Å². The van der Waals surface area contributed by atoms with E-state index in [1.54, 1.807) is 0 Å². The van der Waals surface area contributed by atoms with E-state index in [0.29, 0.717) is 0 Å².